The van der Waals surface area contributed by atoms with Crippen LogP contribution < -0.4 is 5.32 Å². The summed E-state index contributed by atoms with van der Waals surface area (Å²) in [6.07, 6.45) is 5.19. The Labute approximate surface area is 103 Å². The Bertz CT molecular complexity index is 193. The molecule has 0 bridgehead atoms. The zero-order valence-electron chi connectivity index (χ0n) is 10.2. The van der Waals surface area contributed by atoms with Crippen molar-refractivity contribution in [1.82, 2.24) is 5.32 Å². The lowest BCUT2D eigenvalue weighted by Crippen LogP contribution is -2.23. The van der Waals surface area contributed by atoms with E-state index in [1.165, 1.54) is 12.8 Å². The van der Waals surface area contributed by atoms with Crippen molar-refractivity contribution in [2.45, 2.75) is 45.1 Å². The Morgan fingerprint density at radius 3 is 3.12 bits per heavy atom. The Balaban J connectivity index is 1.87. The molecule has 1 N–H and O–H groups in total. The van der Waals surface area contributed by atoms with E-state index in [4.69, 9.17) is 4.74 Å². The van der Waals surface area contributed by atoms with Crippen molar-refractivity contribution in [3.63, 3.8) is 0 Å². The fourth-order valence-corrected chi connectivity index (χ4v) is 2.73. The molecule has 1 aliphatic heterocycles. The molecule has 0 aromatic heterocycles. The third-order valence-electron chi connectivity index (χ3n) is 2.69. The van der Waals surface area contributed by atoms with Gasteiger partial charge >= 0.3 is 5.97 Å². The lowest BCUT2D eigenvalue weighted by Gasteiger charge is -2.09. The van der Waals surface area contributed by atoms with E-state index in [-0.39, 0.29) is 5.97 Å². The minimum absolute atomic E-state index is 0.0414. The van der Waals surface area contributed by atoms with Crippen LogP contribution in [0.4, 0.5) is 0 Å². The first-order valence-electron chi connectivity index (χ1n) is 6.29. The highest BCUT2D eigenvalue weighted by atomic mass is 32.2. The second kappa shape index (κ2) is 8.88. The Hall–Kier alpha value is -0.220. The number of esters is 1. The molecule has 0 saturated carbocycles. The van der Waals surface area contributed by atoms with Gasteiger partial charge in [0.1, 0.15) is 0 Å². The van der Waals surface area contributed by atoms with Crippen LogP contribution in [0, 0.1) is 0 Å². The monoisotopic (exact) mass is 245 g/mol. The van der Waals surface area contributed by atoms with Gasteiger partial charge in [0.2, 0.25) is 0 Å². The van der Waals surface area contributed by atoms with Gasteiger partial charge in [-0.3, -0.25) is 4.79 Å². The highest BCUT2D eigenvalue weighted by molar-refractivity contribution is 7.99. The quantitative estimate of drug-likeness (QED) is 0.525. The van der Waals surface area contributed by atoms with Crippen LogP contribution in [0.1, 0.15) is 39.0 Å². The molecule has 16 heavy (non-hydrogen) atoms. The van der Waals surface area contributed by atoms with E-state index in [9.17, 15) is 4.79 Å². The number of carbonyl (C=O) groups is 1. The summed E-state index contributed by atoms with van der Waals surface area (Å²) in [6, 6.07) is 0.668. The van der Waals surface area contributed by atoms with Gasteiger partial charge in [-0.25, -0.2) is 0 Å². The summed E-state index contributed by atoms with van der Waals surface area (Å²) in [4.78, 5) is 11.3. The average Bonchev–Trinajstić information content (AvgIpc) is 2.78. The Kier molecular flexibility index (Phi) is 7.68. The minimum atomic E-state index is -0.0414. The van der Waals surface area contributed by atoms with E-state index >= 15 is 0 Å². The van der Waals surface area contributed by atoms with Crippen LogP contribution in [-0.4, -0.2) is 36.7 Å². The number of unbranched alkanes of at least 4 members (excludes halogenated alkanes) is 1. The van der Waals surface area contributed by atoms with Gasteiger partial charge < -0.3 is 10.1 Å². The van der Waals surface area contributed by atoms with Crippen LogP contribution in [0.2, 0.25) is 0 Å². The molecule has 3 nitrogen and oxygen atoms in total. The predicted octanol–water partition coefficient (Wildman–Crippen LogP) is 2.21. The summed E-state index contributed by atoms with van der Waals surface area (Å²) in [6.45, 7) is 3.84. The topological polar surface area (TPSA) is 38.3 Å². The second-order valence-electron chi connectivity index (χ2n) is 4.19. The molecule has 94 valence electrons. The molecule has 0 radical (unpaired) electrons. The smallest absolute Gasteiger partial charge is 0.306 e. The van der Waals surface area contributed by atoms with E-state index in [1.54, 1.807) is 0 Å². The van der Waals surface area contributed by atoms with Crippen molar-refractivity contribution in [2.75, 3.05) is 24.7 Å². The van der Waals surface area contributed by atoms with Crippen molar-refractivity contribution >= 4 is 17.7 Å². The maximum atomic E-state index is 11.3. The summed E-state index contributed by atoms with van der Waals surface area (Å²) in [5.41, 5.74) is 0. The number of thioether (sulfide) groups is 1. The molecule has 0 aromatic carbocycles. The minimum Gasteiger partial charge on any atom is -0.466 e. The molecule has 1 atom stereocenters. The van der Waals surface area contributed by atoms with Crippen LogP contribution in [-0.2, 0) is 9.53 Å². The van der Waals surface area contributed by atoms with E-state index in [0.29, 0.717) is 19.1 Å². The van der Waals surface area contributed by atoms with Gasteiger partial charge in [0, 0.05) is 17.5 Å². The van der Waals surface area contributed by atoms with Gasteiger partial charge in [0.25, 0.3) is 0 Å². The average molecular weight is 245 g/mol. The first-order valence-corrected chi connectivity index (χ1v) is 7.45. The molecule has 1 heterocycles. The molecule has 4 heteroatoms. The van der Waals surface area contributed by atoms with Gasteiger partial charge in [-0.1, -0.05) is 13.3 Å². The number of rotatable bonds is 8. The Morgan fingerprint density at radius 1 is 1.56 bits per heavy atom. The molecular weight excluding hydrogens is 222 g/mol. The summed E-state index contributed by atoms with van der Waals surface area (Å²) in [5.74, 6) is 1.98. The van der Waals surface area contributed by atoms with Crippen LogP contribution in [0.3, 0.4) is 0 Å². The van der Waals surface area contributed by atoms with Crippen molar-refractivity contribution in [3.05, 3.63) is 0 Å². The normalized spacial score (nSPS) is 19.9. The maximum Gasteiger partial charge on any atom is 0.306 e. The lowest BCUT2D eigenvalue weighted by molar-refractivity contribution is -0.143. The zero-order valence-corrected chi connectivity index (χ0v) is 11.0. The molecule has 1 saturated heterocycles. The number of carbonyl (C=O) groups excluding carboxylic acids is 1. The molecule has 1 unspecified atom stereocenters. The molecule has 0 aliphatic carbocycles. The number of ether oxygens (including phenoxy) is 1. The third-order valence-corrected chi connectivity index (χ3v) is 3.82. The first-order chi connectivity index (χ1) is 7.83. The molecule has 0 amide bonds. The molecule has 1 fully saturated rings. The lowest BCUT2D eigenvalue weighted by atomic mass is 10.3. The highest BCUT2D eigenvalue weighted by Gasteiger charge is 2.13. The Morgan fingerprint density at radius 2 is 2.44 bits per heavy atom. The number of hydrogen-bond acceptors (Lipinski definition) is 4. The van der Waals surface area contributed by atoms with Crippen molar-refractivity contribution in [1.29, 1.82) is 0 Å². The standard InChI is InChI=1S/C12H23NO2S/c1-2-3-8-15-12(14)6-9-16-10-11-5-4-7-13-11/h11,13H,2-10H2,1H3. The summed E-state index contributed by atoms with van der Waals surface area (Å²) in [7, 11) is 0. The van der Waals surface area contributed by atoms with E-state index in [0.717, 1.165) is 30.9 Å². The first kappa shape index (κ1) is 13.8. The van der Waals surface area contributed by atoms with Crippen molar-refractivity contribution < 1.29 is 9.53 Å². The van der Waals surface area contributed by atoms with E-state index < -0.39 is 0 Å². The zero-order chi connectivity index (χ0) is 11.6. The van der Waals surface area contributed by atoms with Crippen molar-refractivity contribution in [3.8, 4) is 0 Å². The van der Waals surface area contributed by atoms with Gasteiger partial charge in [0.05, 0.1) is 13.0 Å². The predicted molar refractivity (Wildman–Crippen MR) is 68.8 cm³/mol. The summed E-state index contributed by atoms with van der Waals surface area (Å²) >= 11 is 1.85. The highest BCUT2D eigenvalue weighted by Crippen LogP contribution is 2.12. The summed E-state index contributed by atoms with van der Waals surface area (Å²) in [5, 5.41) is 3.45. The van der Waals surface area contributed by atoms with Crippen LogP contribution in [0.25, 0.3) is 0 Å². The number of nitrogens with one attached hydrogen (secondary N) is 1. The molecule has 0 aromatic rings. The largest absolute Gasteiger partial charge is 0.466 e. The molecule has 1 aliphatic rings. The van der Waals surface area contributed by atoms with Gasteiger partial charge in [-0.05, 0) is 25.8 Å². The van der Waals surface area contributed by atoms with Gasteiger partial charge in [-0.2, -0.15) is 11.8 Å². The van der Waals surface area contributed by atoms with Crippen LogP contribution >= 0.6 is 11.8 Å². The van der Waals surface area contributed by atoms with Gasteiger partial charge in [-0.15, -0.1) is 0 Å². The SMILES string of the molecule is CCCCOC(=O)CCSCC1CCCN1. The summed E-state index contributed by atoms with van der Waals surface area (Å²) < 4.78 is 5.09. The van der Waals surface area contributed by atoms with Crippen LogP contribution in [0.15, 0.2) is 0 Å². The third kappa shape index (κ3) is 6.38. The maximum absolute atomic E-state index is 11.3. The molecule has 0 spiro atoms. The van der Waals surface area contributed by atoms with E-state index in [1.807, 2.05) is 11.8 Å². The second-order valence-corrected chi connectivity index (χ2v) is 5.34. The van der Waals surface area contributed by atoms with E-state index in [2.05, 4.69) is 12.2 Å². The van der Waals surface area contributed by atoms with Crippen molar-refractivity contribution in [2.24, 2.45) is 0 Å². The van der Waals surface area contributed by atoms with Gasteiger partial charge in [0.15, 0.2) is 0 Å². The fourth-order valence-electron chi connectivity index (χ4n) is 1.68. The molecular formula is C12H23NO2S. The molecule has 1 rings (SSSR count). The fraction of sp³-hybridized carbons (Fsp3) is 0.917. The number of hydrogen-bond donors (Lipinski definition) is 1. The van der Waals surface area contributed by atoms with Crippen LogP contribution in [0.5, 0.6) is 0 Å².